The van der Waals surface area contributed by atoms with Gasteiger partial charge in [-0.15, -0.1) is 11.8 Å². The van der Waals surface area contributed by atoms with E-state index in [1.165, 1.54) is 22.6 Å². The average molecular weight is 523 g/mol. The number of halogens is 1. The smallest absolute Gasteiger partial charge is 0.261 e. The zero-order valence-corrected chi connectivity index (χ0v) is 21.3. The number of sulfonamides is 1. The van der Waals surface area contributed by atoms with Crippen molar-refractivity contribution < 1.29 is 13.2 Å². The van der Waals surface area contributed by atoms with Gasteiger partial charge in [-0.3, -0.25) is 9.52 Å². The topological polar surface area (TPSA) is 75.3 Å². The van der Waals surface area contributed by atoms with Crippen LogP contribution < -0.4 is 10.0 Å². The van der Waals surface area contributed by atoms with E-state index in [1.807, 2.05) is 12.1 Å². The highest BCUT2D eigenvalue weighted by Gasteiger charge is 2.16. The van der Waals surface area contributed by atoms with Gasteiger partial charge in [0.05, 0.1) is 15.6 Å². The third-order valence-corrected chi connectivity index (χ3v) is 7.98. The summed E-state index contributed by atoms with van der Waals surface area (Å²) in [5.41, 5.74) is 3.66. The minimum Gasteiger partial charge on any atom is -0.322 e. The zero-order valence-electron chi connectivity index (χ0n) is 18.9. The molecule has 0 fully saturated rings. The van der Waals surface area contributed by atoms with E-state index in [2.05, 4.69) is 41.2 Å². The van der Waals surface area contributed by atoms with E-state index < -0.39 is 10.0 Å². The van der Waals surface area contributed by atoms with E-state index in [4.69, 9.17) is 11.6 Å². The summed E-state index contributed by atoms with van der Waals surface area (Å²) >= 11 is 7.78. The molecule has 1 amide bonds. The molecule has 178 valence electrons. The summed E-state index contributed by atoms with van der Waals surface area (Å²) in [5.74, 6) is 0.538. The lowest BCUT2D eigenvalue weighted by Gasteiger charge is -2.11. The van der Waals surface area contributed by atoms with E-state index in [-0.39, 0.29) is 10.8 Å². The van der Waals surface area contributed by atoms with Crippen molar-refractivity contribution in [1.82, 2.24) is 0 Å². The van der Waals surface area contributed by atoms with Crippen molar-refractivity contribution in [2.24, 2.45) is 0 Å². The van der Waals surface area contributed by atoms with Crippen LogP contribution >= 0.6 is 23.4 Å². The van der Waals surface area contributed by atoms with Gasteiger partial charge in [0.1, 0.15) is 0 Å². The summed E-state index contributed by atoms with van der Waals surface area (Å²) in [6, 6.07) is 28.4. The number of amides is 1. The Morgan fingerprint density at radius 2 is 1.51 bits per heavy atom. The van der Waals surface area contributed by atoms with Crippen molar-refractivity contribution in [3.05, 3.63) is 119 Å². The predicted molar refractivity (Wildman–Crippen MR) is 144 cm³/mol. The Balaban J connectivity index is 1.35. The molecule has 4 rings (SSSR count). The Morgan fingerprint density at radius 3 is 2.17 bits per heavy atom. The summed E-state index contributed by atoms with van der Waals surface area (Å²) < 4.78 is 27.7. The first-order valence-corrected chi connectivity index (χ1v) is 13.6. The quantitative estimate of drug-likeness (QED) is 0.244. The molecule has 2 N–H and O–H groups in total. The standard InChI is InChI=1S/C27H23ClN2O3S2/c1-19-6-14-23(15-7-19)34-18-20-8-10-21(11-9-20)27(31)29-22-12-16-24(17-13-22)35(32,33)30-26-5-3-2-4-25(26)28/h2-17,30H,18H2,1H3,(H,29,31). The molecule has 0 spiro atoms. The molecule has 0 aliphatic heterocycles. The normalized spacial score (nSPS) is 11.1. The summed E-state index contributed by atoms with van der Waals surface area (Å²) in [4.78, 5) is 13.9. The van der Waals surface area contributed by atoms with E-state index in [9.17, 15) is 13.2 Å². The monoisotopic (exact) mass is 522 g/mol. The van der Waals surface area contributed by atoms with Crippen LogP contribution in [0.1, 0.15) is 21.5 Å². The Labute approximate surface area is 214 Å². The highest BCUT2D eigenvalue weighted by atomic mass is 35.5. The van der Waals surface area contributed by atoms with Gasteiger partial charge in [-0.2, -0.15) is 0 Å². The number of para-hydroxylation sites is 1. The van der Waals surface area contributed by atoms with Gasteiger partial charge in [0, 0.05) is 21.9 Å². The number of hydrogen-bond donors (Lipinski definition) is 2. The predicted octanol–water partition coefficient (Wildman–Crippen LogP) is 6.99. The second-order valence-electron chi connectivity index (χ2n) is 7.86. The Bertz CT molecular complexity index is 1420. The second-order valence-corrected chi connectivity index (χ2v) is 11.0. The van der Waals surface area contributed by atoms with Crippen molar-refractivity contribution in [2.75, 3.05) is 10.0 Å². The molecule has 0 atom stereocenters. The van der Waals surface area contributed by atoms with Crippen LogP contribution in [0.15, 0.2) is 107 Å². The minimum absolute atomic E-state index is 0.0610. The molecule has 0 saturated carbocycles. The molecule has 4 aromatic rings. The summed E-state index contributed by atoms with van der Waals surface area (Å²) in [6.45, 7) is 2.06. The SMILES string of the molecule is Cc1ccc(SCc2ccc(C(=O)Nc3ccc(S(=O)(=O)Nc4ccccc4Cl)cc3)cc2)cc1. The van der Waals surface area contributed by atoms with Crippen LogP contribution in [0.25, 0.3) is 0 Å². The number of aryl methyl sites for hydroxylation is 1. The number of hydrogen-bond acceptors (Lipinski definition) is 4. The Hall–Kier alpha value is -3.26. The van der Waals surface area contributed by atoms with Gasteiger partial charge >= 0.3 is 0 Å². The Morgan fingerprint density at radius 1 is 0.857 bits per heavy atom. The summed E-state index contributed by atoms with van der Waals surface area (Å²) in [7, 11) is -3.81. The maximum atomic E-state index is 12.6. The van der Waals surface area contributed by atoms with Gasteiger partial charge in [-0.1, -0.05) is 53.6 Å². The first-order valence-electron chi connectivity index (χ1n) is 10.8. The maximum absolute atomic E-state index is 12.6. The number of rotatable bonds is 8. The molecule has 0 aliphatic carbocycles. The number of anilines is 2. The molecular formula is C27H23ClN2O3S2. The van der Waals surface area contributed by atoms with Crippen LogP contribution in [-0.4, -0.2) is 14.3 Å². The molecule has 8 heteroatoms. The van der Waals surface area contributed by atoms with Crippen LogP contribution in [0.4, 0.5) is 11.4 Å². The molecule has 0 unspecified atom stereocenters. The fourth-order valence-corrected chi connectivity index (χ4v) is 5.39. The lowest BCUT2D eigenvalue weighted by molar-refractivity contribution is 0.102. The first-order chi connectivity index (χ1) is 16.8. The number of benzene rings is 4. The third kappa shape index (κ3) is 6.66. The highest BCUT2D eigenvalue weighted by Crippen LogP contribution is 2.25. The molecule has 0 heterocycles. The molecule has 35 heavy (non-hydrogen) atoms. The van der Waals surface area contributed by atoms with Crippen molar-refractivity contribution in [3.63, 3.8) is 0 Å². The van der Waals surface area contributed by atoms with E-state index in [0.717, 1.165) is 11.3 Å². The number of carbonyl (C=O) groups is 1. The molecule has 0 saturated heterocycles. The van der Waals surface area contributed by atoms with E-state index in [0.29, 0.717) is 22.0 Å². The van der Waals surface area contributed by atoms with Crippen LogP contribution in [0.5, 0.6) is 0 Å². The van der Waals surface area contributed by atoms with Gasteiger partial charge in [-0.25, -0.2) is 8.42 Å². The molecule has 5 nitrogen and oxygen atoms in total. The van der Waals surface area contributed by atoms with Crippen molar-refractivity contribution >= 4 is 50.7 Å². The fourth-order valence-electron chi connectivity index (χ4n) is 3.22. The molecule has 0 aliphatic rings. The van der Waals surface area contributed by atoms with Crippen molar-refractivity contribution in [1.29, 1.82) is 0 Å². The number of thioether (sulfide) groups is 1. The van der Waals surface area contributed by atoms with Gasteiger partial charge in [0.25, 0.3) is 15.9 Å². The maximum Gasteiger partial charge on any atom is 0.261 e. The molecule has 4 aromatic carbocycles. The van der Waals surface area contributed by atoms with Gasteiger partial charge < -0.3 is 5.32 Å². The fraction of sp³-hybridized carbons (Fsp3) is 0.0741. The van der Waals surface area contributed by atoms with Crippen LogP contribution in [0, 0.1) is 6.92 Å². The average Bonchev–Trinajstić information content (AvgIpc) is 2.86. The van der Waals surface area contributed by atoms with Crippen LogP contribution in [-0.2, 0) is 15.8 Å². The van der Waals surface area contributed by atoms with Crippen LogP contribution in [0.3, 0.4) is 0 Å². The zero-order chi connectivity index (χ0) is 24.8. The highest BCUT2D eigenvalue weighted by molar-refractivity contribution is 7.98. The Kier molecular flexibility index (Phi) is 7.80. The minimum atomic E-state index is -3.81. The number of carbonyl (C=O) groups excluding carboxylic acids is 1. The van der Waals surface area contributed by atoms with Gasteiger partial charge in [0.2, 0.25) is 0 Å². The lowest BCUT2D eigenvalue weighted by atomic mass is 10.1. The molecule has 0 radical (unpaired) electrons. The lowest BCUT2D eigenvalue weighted by Crippen LogP contribution is -2.14. The summed E-state index contributed by atoms with van der Waals surface area (Å²) in [6.07, 6.45) is 0. The number of nitrogens with one attached hydrogen (secondary N) is 2. The van der Waals surface area contributed by atoms with E-state index >= 15 is 0 Å². The van der Waals surface area contributed by atoms with Gasteiger partial charge in [0.15, 0.2) is 0 Å². The second kappa shape index (κ2) is 11.0. The molecule has 0 bridgehead atoms. The van der Waals surface area contributed by atoms with Gasteiger partial charge in [-0.05, 0) is 73.2 Å². The van der Waals surface area contributed by atoms with E-state index in [1.54, 1.807) is 60.3 Å². The summed E-state index contributed by atoms with van der Waals surface area (Å²) in [5, 5.41) is 3.10. The largest absolute Gasteiger partial charge is 0.322 e. The van der Waals surface area contributed by atoms with Crippen molar-refractivity contribution in [2.45, 2.75) is 22.5 Å². The molecular weight excluding hydrogens is 500 g/mol. The van der Waals surface area contributed by atoms with Crippen molar-refractivity contribution in [3.8, 4) is 0 Å². The van der Waals surface area contributed by atoms with Crippen LogP contribution in [0.2, 0.25) is 5.02 Å². The molecule has 0 aromatic heterocycles. The first kappa shape index (κ1) is 24.9. The third-order valence-electron chi connectivity index (χ3n) is 5.18.